The van der Waals surface area contributed by atoms with Crippen molar-refractivity contribution in [1.82, 2.24) is 19.3 Å². The Balaban J connectivity index is 2.46. The Labute approximate surface area is 118 Å². The lowest BCUT2D eigenvalue weighted by Crippen LogP contribution is -2.48. The maximum atomic E-state index is 12.5. The number of carbonyl (C=O) groups is 1. The number of carboxylic acid groups (broad SMARTS) is 1. The van der Waals surface area contributed by atoms with Crippen LogP contribution in [0.1, 0.15) is 19.3 Å². The van der Waals surface area contributed by atoms with Crippen molar-refractivity contribution in [2.75, 3.05) is 6.54 Å². The molecule has 106 valence electrons. The second-order valence-corrected chi connectivity index (χ2v) is 6.83. The first-order chi connectivity index (χ1) is 8.85. The molecule has 1 atom stereocenters. The Morgan fingerprint density at radius 3 is 2.68 bits per heavy atom. The third-order valence-corrected chi connectivity index (χ3v) is 5.83. The van der Waals surface area contributed by atoms with E-state index in [4.69, 9.17) is 5.11 Å². The average molecular weight is 353 g/mol. The van der Waals surface area contributed by atoms with Crippen molar-refractivity contribution in [3.05, 3.63) is 4.60 Å². The van der Waals surface area contributed by atoms with E-state index in [1.54, 1.807) is 0 Å². The number of nitrogens with zero attached hydrogens (tertiary/aromatic N) is 4. The highest BCUT2D eigenvalue weighted by Gasteiger charge is 2.40. The standard InChI is InChI=1S/C9H13BrN4O4S/c1-13-8(7(10)11-12-13)19(17,18)14-5-3-2-4-6(14)9(15)16/h6H,2-5H2,1H3,(H,15,16). The summed E-state index contributed by atoms with van der Waals surface area (Å²) in [6.07, 6.45) is 1.66. The largest absolute Gasteiger partial charge is 0.480 e. The molecule has 0 aliphatic carbocycles. The van der Waals surface area contributed by atoms with Crippen molar-refractivity contribution in [2.45, 2.75) is 30.3 Å². The van der Waals surface area contributed by atoms with E-state index in [9.17, 15) is 13.2 Å². The summed E-state index contributed by atoms with van der Waals surface area (Å²) in [4.78, 5) is 11.2. The Morgan fingerprint density at radius 1 is 1.47 bits per heavy atom. The van der Waals surface area contributed by atoms with Crippen LogP contribution < -0.4 is 0 Å². The summed E-state index contributed by atoms with van der Waals surface area (Å²) in [6, 6.07) is -1.03. The molecule has 19 heavy (non-hydrogen) atoms. The van der Waals surface area contributed by atoms with E-state index in [1.807, 2.05) is 0 Å². The fraction of sp³-hybridized carbons (Fsp3) is 0.667. The van der Waals surface area contributed by atoms with Crippen LogP contribution in [0.5, 0.6) is 0 Å². The van der Waals surface area contributed by atoms with E-state index >= 15 is 0 Å². The molecule has 1 aromatic rings. The number of hydrogen-bond donors (Lipinski definition) is 1. The van der Waals surface area contributed by atoms with E-state index in [-0.39, 0.29) is 16.2 Å². The molecule has 0 amide bonds. The summed E-state index contributed by atoms with van der Waals surface area (Å²) in [5.41, 5.74) is 0. The molecule has 1 unspecified atom stereocenters. The molecule has 2 heterocycles. The highest BCUT2D eigenvalue weighted by atomic mass is 79.9. The molecule has 1 aliphatic rings. The van der Waals surface area contributed by atoms with Gasteiger partial charge in [0.15, 0.2) is 4.60 Å². The van der Waals surface area contributed by atoms with Crippen molar-refractivity contribution >= 4 is 31.9 Å². The Morgan fingerprint density at radius 2 is 2.16 bits per heavy atom. The molecule has 0 radical (unpaired) electrons. The zero-order valence-electron chi connectivity index (χ0n) is 10.2. The summed E-state index contributed by atoms with van der Waals surface area (Å²) < 4.78 is 27.3. The Hall–Kier alpha value is -1.00. The molecule has 0 spiro atoms. The molecule has 1 fully saturated rings. The fourth-order valence-corrected chi connectivity index (χ4v) is 4.83. The lowest BCUT2D eigenvalue weighted by molar-refractivity contribution is -0.142. The number of aryl methyl sites for hydroxylation is 1. The maximum absolute atomic E-state index is 12.5. The van der Waals surface area contributed by atoms with Crippen molar-refractivity contribution in [1.29, 1.82) is 0 Å². The number of carboxylic acids is 1. The van der Waals surface area contributed by atoms with E-state index in [2.05, 4.69) is 26.2 Å². The summed E-state index contributed by atoms with van der Waals surface area (Å²) in [5.74, 6) is -1.13. The van der Waals surface area contributed by atoms with Crippen LogP contribution in [0.2, 0.25) is 0 Å². The molecule has 1 aliphatic heterocycles. The van der Waals surface area contributed by atoms with Crippen LogP contribution in [-0.4, -0.2) is 51.4 Å². The van der Waals surface area contributed by atoms with Gasteiger partial charge in [-0.05, 0) is 35.2 Å². The van der Waals surface area contributed by atoms with Gasteiger partial charge in [-0.2, -0.15) is 4.31 Å². The normalized spacial score (nSPS) is 21.5. The number of aromatic nitrogens is 3. The predicted molar refractivity (Wildman–Crippen MR) is 67.9 cm³/mol. The smallest absolute Gasteiger partial charge is 0.322 e. The number of hydrogen-bond acceptors (Lipinski definition) is 5. The van der Waals surface area contributed by atoms with Crippen LogP contribution in [0.4, 0.5) is 0 Å². The van der Waals surface area contributed by atoms with Gasteiger partial charge in [-0.1, -0.05) is 5.21 Å². The van der Waals surface area contributed by atoms with Crippen molar-refractivity contribution < 1.29 is 18.3 Å². The molecule has 0 aromatic carbocycles. The zero-order valence-corrected chi connectivity index (χ0v) is 12.6. The van der Waals surface area contributed by atoms with Gasteiger partial charge < -0.3 is 5.11 Å². The lowest BCUT2D eigenvalue weighted by atomic mass is 10.1. The predicted octanol–water partition coefficient (Wildman–Crippen LogP) is 0.205. The van der Waals surface area contributed by atoms with Crippen molar-refractivity contribution in [3.63, 3.8) is 0 Å². The number of piperidine rings is 1. The monoisotopic (exact) mass is 352 g/mol. The molecule has 1 N–H and O–H groups in total. The molecule has 1 saturated heterocycles. The third kappa shape index (κ3) is 2.51. The summed E-state index contributed by atoms with van der Waals surface area (Å²) in [5, 5.41) is 16.3. The molecule has 0 saturated carbocycles. The Bertz CT molecular complexity index is 580. The van der Waals surface area contributed by atoms with Gasteiger partial charge >= 0.3 is 5.97 Å². The molecular weight excluding hydrogens is 340 g/mol. The van der Waals surface area contributed by atoms with Crippen LogP contribution in [0, 0.1) is 0 Å². The maximum Gasteiger partial charge on any atom is 0.322 e. The first kappa shape index (κ1) is 14.4. The van der Waals surface area contributed by atoms with E-state index in [1.165, 1.54) is 7.05 Å². The zero-order chi connectivity index (χ0) is 14.2. The number of aliphatic carboxylic acids is 1. The second-order valence-electron chi connectivity index (χ2n) is 4.27. The van der Waals surface area contributed by atoms with Gasteiger partial charge in [-0.3, -0.25) is 4.79 Å². The lowest BCUT2D eigenvalue weighted by Gasteiger charge is -2.31. The fourth-order valence-electron chi connectivity index (χ4n) is 2.15. The quantitative estimate of drug-likeness (QED) is 0.833. The van der Waals surface area contributed by atoms with Gasteiger partial charge in [0.25, 0.3) is 10.0 Å². The van der Waals surface area contributed by atoms with Gasteiger partial charge in [-0.25, -0.2) is 13.1 Å². The minimum Gasteiger partial charge on any atom is -0.480 e. The molecule has 0 bridgehead atoms. The molecule has 8 nitrogen and oxygen atoms in total. The minimum absolute atomic E-state index is 0.0877. The first-order valence-corrected chi connectivity index (χ1v) is 7.89. The van der Waals surface area contributed by atoms with Crippen LogP contribution in [0.15, 0.2) is 9.63 Å². The highest BCUT2D eigenvalue weighted by Crippen LogP contribution is 2.28. The number of halogens is 1. The van der Waals surface area contributed by atoms with Crippen LogP contribution in [0.25, 0.3) is 0 Å². The summed E-state index contributed by atoms with van der Waals surface area (Å²) in [6.45, 7) is 0.191. The minimum atomic E-state index is -3.93. The summed E-state index contributed by atoms with van der Waals surface area (Å²) in [7, 11) is -2.48. The van der Waals surface area contributed by atoms with Gasteiger partial charge in [0.1, 0.15) is 6.04 Å². The van der Waals surface area contributed by atoms with Crippen molar-refractivity contribution in [2.24, 2.45) is 7.05 Å². The van der Waals surface area contributed by atoms with Crippen LogP contribution >= 0.6 is 15.9 Å². The van der Waals surface area contributed by atoms with E-state index < -0.39 is 22.0 Å². The Kier molecular flexibility index (Phi) is 3.92. The van der Waals surface area contributed by atoms with Gasteiger partial charge in [0.05, 0.1) is 0 Å². The average Bonchev–Trinajstić information content (AvgIpc) is 2.69. The topological polar surface area (TPSA) is 105 Å². The van der Waals surface area contributed by atoms with E-state index in [0.29, 0.717) is 19.3 Å². The second kappa shape index (κ2) is 5.17. The number of sulfonamides is 1. The molecule has 10 heteroatoms. The third-order valence-electron chi connectivity index (χ3n) is 3.03. The number of rotatable bonds is 3. The first-order valence-electron chi connectivity index (χ1n) is 5.65. The van der Waals surface area contributed by atoms with Crippen LogP contribution in [0.3, 0.4) is 0 Å². The van der Waals surface area contributed by atoms with E-state index in [0.717, 1.165) is 8.99 Å². The SMILES string of the molecule is Cn1nnc(Br)c1S(=O)(=O)N1CCCCC1C(=O)O. The molecular formula is C9H13BrN4O4S. The van der Waals surface area contributed by atoms with Gasteiger partial charge in [0, 0.05) is 13.6 Å². The highest BCUT2D eigenvalue weighted by molar-refractivity contribution is 9.10. The van der Waals surface area contributed by atoms with Gasteiger partial charge in [-0.15, -0.1) is 5.10 Å². The summed E-state index contributed by atoms with van der Waals surface area (Å²) >= 11 is 3.03. The van der Waals surface area contributed by atoms with Crippen LogP contribution in [-0.2, 0) is 21.9 Å². The van der Waals surface area contributed by atoms with Gasteiger partial charge in [0.2, 0.25) is 5.03 Å². The molecule has 2 rings (SSSR count). The van der Waals surface area contributed by atoms with Crippen molar-refractivity contribution in [3.8, 4) is 0 Å². The molecule has 1 aromatic heterocycles.